The van der Waals surface area contributed by atoms with Crippen molar-refractivity contribution >= 4 is 22.4 Å². The minimum absolute atomic E-state index is 0.0331. The van der Waals surface area contributed by atoms with Gasteiger partial charge in [0, 0.05) is 25.7 Å². The predicted molar refractivity (Wildman–Crippen MR) is 80.1 cm³/mol. The van der Waals surface area contributed by atoms with Crippen LogP contribution in [0.3, 0.4) is 0 Å². The van der Waals surface area contributed by atoms with E-state index in [2.05, 4.69) is 34.3 Å². The van der Waals surface area contributed by atoms with Crippen molar-refractivity contribution in [2.24, 2.45) is 0 Å². The van der Waals surface area contributed by atoms with Crippen LogP contribution in [0, 0.1) is 0 Å². The number of carbonyl (C=O) groups excluding carboxylic acids is 1. The Morgan fingerprint density at radius 1 is 1.40 bits per heavy atom. The molecule has 108 valence electrons. The topological polar surface area (TPSA) is 73.9 Å². The van der Waals surface area contributed by atoms with E-state index in [1.165, 1.54) is 0 Å². The summed E-state index contributed by atoms with van der Waals surface area (Å²) in [4.78, 5) is 16.4. The van der Waals surface area contributed by atoms with Crippen LogP contribution in [-0.4, -0.2) is 40.1 Å². The smallest absolute Gasteiger partial charge is 0.269 e. The monoisotopic (exact) mass is 293 g/mol. The first-order valence-electron chi connectivity index (χ1n) is 6.44. The van der Waals surface area contributed by atoms with Gasteiger partial charge in [-0.15, -0.1) is 10.2 Å². The van der Waals surface area contributed by atoms with E-state index in [1.807, 2.05) is 6.07 Å². The highest BCUT2D eigenvalue weighted by Crippen LogP contribution is 2.22. The van der Waals surface area contributed by atoms with E-state index >= 15 is 0 Å². The third kappa shape index (κ3) is 3.36. The Morgan fingerprint density at radius 3 is 2.75 bits per heavy atom. The molecule has 0 bridgehead atoms. The molecule has 2 N–H and O–H groups in total. The lowest BCUT2D eigenvalue weighted by Gasteiger charge is -2.07. The maximum absolute atomic E-state index is 11.8. The number of amides is 1. The second-order valence-corrected chi connectivity index (χ2v) is 6.06. The van der Waals surface area contributed by atoms with Crippen LogP contribution in [0.15, 0.2) is 12.1 Å². The first-order valence-corrected chi connectivity index (χ1v) is 7.26. The summed E-state index contributed by atoms with van der Waals surface area (Å²) in [7, 11) is 3.46. The van der Waals surface area contributed by atoms with Crippen LogP contribution in [-0.2, 0) is 6.54 Å². The van der Waals surface area contributed by atoms with Gasteiger partial charge in [-0.2, -0.15) is 0 Å². The van der Waals surface area contributed by atoms with Crippen molar-refractivity contribution in [3.63, 3.8) is 0 Å². The summed E-state index contributed by atoms with van der Waals surface area (Å²) in [5, 5.41) is 13.2. The van der Waals surface area contributed by atoms with Gasteiger partial charge in [0.2, 0.25) is 5.13 Å². The number of aromatic amines is 1. The van der Waals surface area contributed by atoms with Crippen LogP contribution in [0.1, 0.15) is 41.0 Å². The summed E-state index contributed by atoms with van der Waals surface area (Å²) >= 11 is 1.56. The molecule has 0 radical (unpaired) electrons. The van der Waals surface area contributed by atoms with E-state index in [-0.39, 0.29) is 5.91 Å². The number of nitrogens with one attached hydrogen (secondary N) is 2. The fourth-order valence-electron chi connectivity index (χ4n) is 1.62. The molecule has 2 aromatic heterocycles. The van der Waals surface area contributed by atoms with Gasteiger partial charge in [-0.05, 0) is 12.1 Å². The number of hydrogen-bond acceptors (Lipinski definition) is 5. The number of carbonyl (C=O) groups is 1. The molecule has 0 aliphatic carbocycles. The van der Waals surface area contributed by atoms with Gasteiger partial charge < -0.3 is 15.2 Å². The second kappa shape index (κ2) is 6.04. The quantitative estimate of drug-likeness (QED) is 0.887. The molecule has 0 aromatic carbocycles. The fraction of sp³-hybridized carbons (Fsp3) is 0.462. The average molecular weight is 293 g/mol. The lowest BCUT2D eigenvalue weighted by Crippen LogP contribution is -2.22. The van der Waals surface area contributed by atoms with E-state index in [0.29, 0.717) is 18.2 Å². The zero-order chi connectivity index (χ0) is 14.7. The molecule has 0 atom stereocenters. The Bertz CT molecular complexity index is 587. The lowest BCUT2D eigenvalue weighted by atomic mass is 10.2. The summed E-state index contributed by atoms with van der Waals surface area (Å²) < 4.78 is 0. The third-order valence-corrected chi connectivity index (χ3v) is 3.93. The molecule has 2 aromatic rings. The van der Waals surface area contributed by atoms with Crippen molar-refractivity contribution in [2.45, 2.75) is 26.3 Å². The van der Waals surface area contributed by atoms with Gasteiger partial charge in [-0.1, -0.05) is 25.2 Å². The van der Waals surface area contributed by atoms with E-state index < -0.39 is 0 Å². The molecular formula is C13H19N5OS. The summed E-state index contributed by atoms with van der Waals surface area (Å²) in [6.07, 6.45) is 0. The van der Waals surface area contributed by atoms with Gasteiger partial charge in [0.25, 0.3) is 5.91 Å². The fourth-order valence-corrected chi connectivity index (χ4v) is 2.36. The van der Waals surface area contributed by atoms with Gasteiger partial charge in [0.15, 0.2) is 0 Å². The van der Waals surface area contributed by atoms with Crippen LogP contribution >= 0.6 is 11.3 Å². The zero-order valence-corrected chi connectivity index (χ0v) is 12.9. The van der Waals surface area contributed by atoms with Crippen molar-refractivity contribution in [3.05, 3.63) is 28.5 Å². The molecule has 2 rings (SSSR count). The number of hydrogen-bond donors (Lipinski definition) is 2. The lowest BCUT2D eigenvalue weighted by molar-refractivity contribution is 0.0822. The van der Waals surface area contributed by atoms with Gasteiger partial charge >= 0.3 is 0 Å². The highest BCUT2D eigenvalue weighted by molar-refractivity contribution is 7.15. The van der Waals surface area contributed by atoms with E-state index in [4.69, 9.17) is 0 Å². The molecule has 0 unspecified atom stereocenters. The average Bonchev–Trinajstić information content (AvgIpc) is 3.04. The van der Waals surface area contributed by atoms with Gasteiger partial charge in [-0.25, -0.2) is 0 Å². The molecule has 0 saturated heterocycles. The number of rotatable bonds is 5. The predicted octanol–water partition coefficient (Wildman–Crippen LogP) is 2.30. The largest absolute Gasteiger partial charge is 0.355 e. The Kier molecular flexibility index (Phi) is 4.39. The van der Waals surface area contributed by atoms with Crippen LogP contribution in [0.2, 0.25) is 0 Å². The second-order valence-electron chi connectivity index (χ2n) is 5.05. The summed E-state index contributed by atoms with van der Waals surface area (Å²) in [5.41, 5.74) is 1.53. The van der Waals surface area contributed by atoms with Gasteiger partial charge in [-0.3, -0.25) is 4.79 Å². The number of anilines is 1. The standard InChI is InChI=1S/C13H19N5OS/c1-8(2)11-16-17-13(20-11)14-7-9-5-6-10(15-9)12(19)18(3)4/h5-6,8,15H,7H2,1-4H3,(H,14,17). The van der Waals surface area contributed by atoms with Crippen LogP contribution < -0.4 is 5.32 Å². The first kappa shape index (κ1) is 14.5. The van der Waals surface area contributed by atoms with Crippen LogP contribution in [0.25, 0.3) is 0 Å². The first-order chi connectivity index (χ1) is 9.47. The van der Waals surface area contributed by atoms with E-state index in [9.17, 15) is 4.79 Å². The van der Waals surface area contributed by atoms with Crippen LogP contribution in [0.4, 0.5) is 5.13 Å². The number of H-pyrrole nitrogens is 1. The SMILES string of the molecule is CC(C)c1nnc(NCc2ccc(C(=O)N(C)C)[nH]2)s1. The molecule has 0 aliphatic heterocycles. The highest BCUT2D eigenvalue weighted by Gasteiger charge is 2.11. The zero-order valence-electron chi connectivity index (χ0n) is 12.1. The Balaban J connectivity index is 1.95. The molecule has 2 heterocycles. The minimum atomic E-state index is -0.0331. The minimum Gasteiger partial charge on any atom is -0.355 e. The van der Waals surface area contributed by atoms with Crippen molar-refractivity contribution in [2.75, 3.05) is 19.4 Å². The molecular weight excluding hydrogens is 274 g/mol. The highest BCUT2D eigenvalue weighted by atomic mass is 32.1. The van der Waals surface area contributed by atoms with Crippen molar-refractivity contribution < 1.29 is 4.79 Å². The Hall–Kier alpha value is -1.89. The van der Waals surface area contributed by atoms with Crippen LogP contribution in [0.5, 0.6) is 0 Å². The molecule has 7 heteroatoms. The van der Waals surface area contributed by atoms with Crippen molar-refractivity contribution in [1.82, 2.24) is 20.1 Å². The molecule has 0 spiro atoms. The molecule has 20 heavy (non-hydrogen) atoms. The maximum atomic E-state index is 11.8. The summed E-state index contributed by atoms with van der Waals surface area (Å²) in [6, 6.07) is 3.69. The molecule has 1 amide bonds. The molecule has 0 fully saturated rings. The van der Waals surface area contributed by atoms with Gasteiger partial charge in [0.1, 0.15) is 10.7 Å². The molecule has 0 aliphatic rings. The number of nitrogens with zero attached hydrogens (tertiary/aromatic N) is 3. The Morgan fingerprint density at radius 2 is 2.15 bits per heavy atom. The molecule has 0 saturated carbocycles. The summed E-state index contributed by atoms with van der Waals surface area (Å²) in [6.45, 7) is 4.77. The van der Waals surface area contributed by atoms with Gasteiger partial charge in [0.05, 0.1) is 6.54 Å². The number of aromatic nitrogens is 3. The molecule has 6 nitrogen and oxygen atoms in total. The summed E-state index contributed by atoms with van der Waals surface area (Å²) in [5.74, 6) is 0.354. The normalized spacial score (nSPS) is 10.8. The van der Waals surface area contributed by atoms with Crippen molar-refractivity contribution in [1.29, 1.82) is 0 Å². The van der Waals surface area contributed by atoms with Crippen molar-refractivity contribution in [3.8, 4) is 0 Å². The third-order valence-electron chi connectivity index (χ3n) is 2.75. The van der Waals surface area contributed by atoms with E-state index in [0.717, 1.165) is 15.8 Å². The Labute approximate surface area is 122 Å². The van der Waals surface area contributed by atoms with E-state index in [1.54, 1.807) is 36.4 Å². The maximum Gasteiger partial charge on any atom is 0.269 e.